The zero-order valence-corrected chi connectivity index (χ0v) is 11.1. The van der Waals surface area contributed by atoms with E-state index in [0.29, 0.717) is 31.6 Å². The van der Waals surface area contributed by atoms with Gasteiger partial charge in [-0.3, -0.25) is 4.90 Å². The summed E-state index contributed by atoms with van der Waals surface area (Å²) in [5, 5.41) is 17.7. The lowest BCUT2D eigenvalue weighted by molar-refractivity contribution is 0.240. The molecule has 0 amide bonds. The summed E-state index contributed by atoms with van der Waals surface area (Å²) in [5.41, 5.74) is 1.72. The molecule has 4 heteroatoms. The second-order valence-corrected chi connectivity index (χ2v) is 4.51. The summed E-state index contributed by atoms with van der Waals surface area (Å²) < 4.78 is 5.35. The minimum absolute atomic E-state index is 0.471. The van der Waals surface area contributed by atoms with Crippen molar-refractivity contribution in [3.8, 4) is 12.1 Å². The van der Waals surface area contributed by atoms with Crippen molar-refractivity contribution < 1.29 is 4.42 Å². The summed E-state index contributed by atoms with van der Waals surface area (Å²) in [6, 6.07) is 15.6. The largest absolute Gasteiger partial charge is 0.468 e. The number of hydrogen-bond donors (Lipinski definition) is 0. The molecule has 0 aliphatic rings. The van der Waals surface area contributed by atoms with E-state index < -0.39 is 0 Å². The molecular formula is C16H15N3O. The maximum Gasteiger partial charge on any atom is 0.117 e. The first kappa shape index (κ1) is 13.9. The first-order valence-corrected chi connectivity index (χ1v) is 6.42. The lowest BCUT2D eigenvalue weighted by atomic mass is 10.1. The fourth-order valence-corrected chi connectivity index (χ4v) is 2.04. The third-order valence-corrected chi connectivity index (χ3v) is 2.96. The highest BCUT2D eigenvalue weighted by Gasteiger charge is 2.09. The molecule has 100 valence electrons. The summed E-state index contributed by atoms with van der Waals surface area (Å²) in [7, 11) is 0. The number of nitrogens with zero attached hydrogens (tertiary/aromatic N) is 3. The SMILES string of the molecule is N#CCCN(Cc1cccc(C#N)c1)Cc1ccco1. The molecule has 0 saturated heterocycles. The first-order chi connectivity index (χ1) is 9.81. The monoisotopic (exact) mass is 265 g/mol. The molecule has 4 nitrogen and oxygen atoms in total. The molecule has 0 bridgehead atoms. The van der Waals surface area contributed by atoms with Crippen molar-refractivity contribution in [1.82, 2.24) is 4.90 Å². The topological polar surface area (TPSA) is 64.0 Å². The van der Waals surface area contributed by atoms with Crippen LogP contribution in [0.3, 0.4) is 0 Å². The third-order valence-electron chi connectivity index (χ3n) is 2.96. The Balaban J connectivity index is 2.06. The smallest absolute Gasteiger partial charge is 0.117 e. The molecule has 0 fully saturated rings. The van der Waals surface area contributed by atoms with Gasteiger partial charge in [-0.2, -0.15) is 10.5 Å². The average Bonchev–Trinajstić information content (AvgIpc) is 2.98. The molecule has 0 N–H and O–H groups in total. The maximum absolute atomic E-state index is 8.92. The Kier molecular flexibility index (Phi) is 4.94. The molecule has 0 radical (unpaired) electrons. The van der Waals surface area contributed by atoms with Crippen molar-refractivity contribution in [2.45, 2.75) is 19.5 Å². The Morgan fingerprint density at radius 2 is 2.00 bits per heavy atom. The second-order valence-electron chi connectivity index (χ2n) is 4.51. The van der Waals surface area contributed by atoms with Gasteiger partial charge in [0, 0.05) is 19.5 Å². The van der Waals surface area contributed by atoms with E-state index in [1.807, 2.05) is 30.3 Å². The Labute approximate surface area is 118 Å². The van der Waals surface area contributed by atoms with E-state index in [0.717, 1.165) is 11.3 Å². The van der Waals surface area contributed by atoms with Gasteiger partial charge in [0.15, 0.2) is 0 Å². The van der Waals surface area contributed by atoms with Crippen LogP contribution in [0, 0.1) is 22.7 Å². The third kappa shape index (κ3) is 3.98. The summed E-state index contributed by atoms with van der Waals surface area (Å²) in [5.74, 6) is 0.874. The number of benzene rings is 1. The van der Waals surface area contributed by atoms with Crippen LogP contribution in [0.4, 0.5) is 0 Å². The minimum atomic E-state index is 0.471. The Morgan fingerprint density at radius 3 is 2.70 bits per heavy atom. The molecule has 0 aliphatic heterocycles. The van der Waals surface area contributed by atoms with E-state index in [9.17, 15) is 0 Å². The Morgan fingerprint density at radius 1 is 1.10 bits per heavy atom. The molecule has 1 aromatic heterocycles. The van der Waals surface area contributed by atoms with Gasteiger partial charge in [-0.05, 0) is 29.8 Å². The van der Waals surface area contributed by atoms with Crippen LogP contribution < -0.4 is 0 Å². The number of rotatable bonds is 6. The van der Waals surface area contributed by atoms with Crippen molar-refractivity contribution in [3.05, 3.63) is 59.5 Å². The highest BCUT2D eigenvalue weighted by molar-refractivity contribution is 5.32. The average molecular weight is 265 g/mol. The van der Waals surface area contributed by atoms with Crippen molar-refractivity contribution in [2.24, 2.45) is 0 Å². The molecule has 1 heterocycles. The molecule has 2 aromatic rings. The fourth-order valence-electron chi connectivity index (χ4n) is 2.04. The maximum atomic E-state index is 8.92. The van der Waals surface area contributed by atoms with Gasteiger partial charge in [0.1, 0.15) is 5.76 Å². The quantitative estimate of drug-likeness (QED) is 0.805. The highest BCUT2D eigenvalue weighted by Crippen LogP contribution is 2.12. The van der Waals surface area contributed by atoms with Gasteiger partial charge in [0.05, 0.1) is 30.5 Å². The zero-order chi connectivity index (χ0) is 14.2. The van der Waals surface area contributed by atoms with Gasteiger partial charge >= 0.3 is 0 Å². The van der Waals surface area contributed by atoms with Gasteiger partial charge in [-0.1, -0.05) is 12.1 Å². The summed E-state index contributed by atoms with van der Waals surface area (Å²) in [6.45, 7) is 2.03. The van der Waals surface area contributed by atoms with Crippen LogP contribution in [-0.2, 0) is 13.1 Å². The lowest BCUT2D eigenvalue weighted by Gasteiger charge is -2.20. The molecule has 20 heavy (non-hydrogen) atoms. The zero-order valence-electron chi connectivity index (χ0n) is 11.1. The van der Waals surface area contributed by atoms with Gasteiger partial charge in [-0.25, -0.2) is 0 Å². The van der Waals surface area contributed by atoms with Crippen LogP contribution in [0.5, 0.6) is 0 Å². The van der Waals surface area contributed by atoms with Gasteiger partial charge in [0.25, 0.3) is 0 Å². The lowest BCUT2D eigenvalue weighted by Crippen LogP contribution is -2.23. The Bertz CT molecular complexity index is 620. The van der Waals surface area contributed by atoms with Crippen LogP contribution in [-0.4, -0.2) is 11.4 Å². The van der Waals surface area contributed by atoms with E-state index in [1.54, 1.807) is 12.3 Å². The number of hydrogen-bond acceptors (Lipinski definition) is 4. The predicted octanol–water partition coefficient (Wildman–Crippen LogP) is 3.07. The number of nitriles is 2. The summed E-state index contributed by atoms with van der Waals surface area (Å²) in [4.78, 5) is 2.14. The van der Waals surface area contributed by atoms with E-state index in [-0.39, 0.29) is 0 Å². The van der Waals surface area contributed by atoms with Crippen LogP contribution >= 0.6 is 0 Å². The molecule has 2 rings (SSSR count). The van der Waals surface area contributed by atoms with E-state index >= 15 is 0 Å². The Hall–Kier alpha value is -2.56. The molecule has 0 spiro atoms. The van der Waals surface area contributed by atoms with Gasteiger partial charge in [0.2, 0.25) is 0 Å². The first-order valence-electron chi connectivity index (χ1n) is 6.42. The summed E-state index contributed by atoms with van der Waals surface area (Å²) in [6.07, 6.45) is 2.12. The minimum Gasteiger partial charge on any atom is -0.468 e. The molecule has 0 atom stereocenters. The molecule has 1 aromatic carbocycles. The van der Waals surface area contributed by atoms with Gasteiger partial charge in [-0.15, -0.1) is 0 Å². The van der Waals surface area contributed by atoms with Crippen LogP contribution in [0.25, 0.3) is 0 Å². The number of furan rings is 1. The van der Waals surface area contributed by atoms with Crippen molar-refractivity contribution in [1.29, 1.82) is 10.5 Å². The van der Waals surface area contributed by atoms with Crippen LogP contribution in [0.1, 0.15) is 23.3 Å². The van der Waals surface area contributed by atoms with Crippen molar-refractivity contribution in [3.63, 3.8) is 0 Å². The van der Waals surface area contributed by atoms with Gasteiger partial charge < -0.3 is 4.42 Å². The van der Waals surface area contributed by atoms with Crippen LogP contribution in [0.2, 0.25) is 0 Å². The molecule has 0 saturated carbocycles. The van der Waals surface area contributed by atoms with Crippen molar-refractivity contribution >= 4 is 0 Å². The predicted molar refractivity (Wildman–Crippen MR) is 74.2 cm³/mol. The van der Waals surface area contributed by atoms with E-state index in [4.69, 9.17) is 14.9 Å². The normalized spacial score (nSPS) is 10.2. The van der Waals surface area contributed by atoms with Crippen LogP contribution in [0.15, 0.2) is 47.1 Å². The molecule has 0 aliphatic carbocycles. The summed E-state index contributed by atoms with van der Waals surface area (Å²) >= 11 is 0. The standard InChI is InChI=1S/C16H15N3O/c17-7-3-8-19(13-16-6-2-9-20-16)12-15-5-1-4-14(10-15)11-18/h1-2,4-6,9-10H,3,8,12-13H2. The van der Waals surface area contributed by atoms with E-state index in [2.05, 4.69) is 17.0 Å². The van der Waals surface area contributed by atoms with E-state index in [1.165, 1.54) is 0 Å². The fraction of sp³-hybridized carbons (Fsp3) is 0.250. The molecule has 0 unspecified atom stereocenters. The van der Waals surface area contributed by atoms with Crippen molar-refractivity contribution in [2.75, 3.05) is 6.54 Å². The molecular weight excluding hydrogens is 250 g/mol. The second kappa shape index (κ2) is 7.13. The highest BCUT2D eigenvalue weighted by atomic mass is 16.3.